The van der Waals surface area contributed by atoms with E-state index in [1.165, 1.54) is 4.31 Å². The highest BCUT2D eigenvalue weighted by Crippen LogP contribution is 2.34. The lowest BCUT2D eigenvalue weighted by Gasteiger charge is -2.31. The molecule has 0 aromatic rings. The summed E-state index contributed by atoms with van der Waals surface area (Å²) in [6.45, 7) is 8.07. The van der Waals surface area contributed by atoms with Crippen LogP contribution >= 0.6 is 0 Å². The third-order valence-electron chi connectivity index (χ3n) is 4.60. The summed E-state index contributed by atoms with van der Waals surface area (Å²) in [4.78, 5) is 0. The molecule has 9 heteroatoms. The zero-order valence-corrected chi connectivity index (χ0v) is 16.3. The highest BCUT2D eigenvalue weighted by atomic mass is 32.2. The van der Waals surface area contributed by atoms with Crippen LogP contribution in [0.1, 0.15) is 40.5 Å². The second-order valence-electron chi connectivity index (χ2n) is 6.78. The Morgan fingerprint density at radius 1 is 1.26 bits per heavy atom. The first kappa shape index (κ1) is 20.8. The van der Waals surface area contributed by atoms with Crippen molar-refractivity contribution in [2.45, 2.75) is 50.5 Å². The fourth-order valence-electron chi connectivity index (χ4n) is 2.65. The molecule has 1 N–H and O–H groups in total. The van der Waals surface area contributed by atoms with Gasteiger partial charge in [-0.05, 0) is 46.5 Å². The molecular formula is C14H30N2O5S2. The highest BCUT2D eigenvalue weighted by Gasteiger charge is 2.46. The van der Waals surface area contributed by atoms with E-state index in [1.807, 2.05) is 0 Å². The van der Waals surface area contributed by atoms with Crippen LogP contribution in [0.25, 0.3) is 0 Å². The number of methoxy groups -OCH3 is 1. The molecule has 0 amide bonds. The number of nitrogens with zero attached hydrogens (tertiary/aromatic N) is 1. The molecule has 0 saturated carbocycles. The van der Waals surface area contributed by atoms with Crippen molar-refractivity contribution in [2.75, 3.05) is 33.4 Å². The first-order valence-electron chi connectivity index (χ1n) is 7.94. The van der Waals surface area contributed by atoms with Gasteiger partial charge in [0.15, 0.2) is 0 Å². The Balaban J connectivity index is 2.78. The number of hydrogen-bond donors (Lipinski definition) is 1. The zero-order valence-electron chi connectivity index (χ0n) is 14.7. The topological polar surface area (TPSA) is 92.8 Å². The first-order chi connectivity index (χ1) is 10.5. The lowest BCUT2D eigenvalue weighted by molar-refractivity contribution is 0.196. The fraction of sp³-hybridized carbons (Fsp3) is 1.00. The van der Waals surface area contributed by atoms with Crippen molar-refractivity contribution in [3.63, 3.8) is 0 Å². The average molecular weight is 371 g/mol. The third kappa shape index (κ3) is 4.66. The minimum atomic E-state index is -3.54. The van der Waals surface area contributed by atoms with Crippen LogP contribution in [0.2, 0.25) is 0 Å². The molecule has 1 fully saturated rings. The standard InChI is InChI=1S/C14H30N2O5S2/c1-12(2)22(17,18)16-9-7-13(11-16)14(3,4)23(19,20)15-8-6-10-21-5/h12-13,15H,6-11H2,1-5H3. The third-order valence-corrected chi connectivity index (χ3v) is 9.15. The monoisotopic (exact) mass is 370 g/mol. The minimum Gasteiger partial charge on any atom is -0.385 e. The molecule has 1 aliphatic heterocycles. The van der Waals surface area contributed by atoms with Crippen molar-refractivity contribution in [1.82, 2.24) is 9.03 Å². The quantitative estimate of drug-likeness (QED) is 0.606. The molecule has 0 spiro atoms. The Morgan fingerprint density at radius 3 is 2.39 bits per heavy atom. The van der Waals surface area contributed by atoms with E-state index in [4.69, 9.17) is 4.74 Å². The molecule has 1 rings (SSSR count). The molecule has 0 aromatic carbocycles. The summed E-state index contributed by atoms with van der Waals surface area (Å²) in [5.74, 6) is -0.226. The Labute approximate surface area is 140 Å². The normalized spacial score (nSPS) is 21.2. The SMILES string of the molecule is COCCCNS(=O)(=O)C(C)(C)C1CCN(S(=O)(=O)C(C)C)C1. The van der Waals surface area contributed by atoms with Crippen molar-refractivity contribution in [3.8, 4) is 0 Å². The van der Waals surface area contributed by atoms with Gasteiger partial charge in [-0.25, -0.2) is 25.9 Å². The Hall–Kier alpha value is -0.220. The van der Waals surface area contributed by atoms with Gasteiger partial charge in [-0.15, -0.1) is 0 Å². The van der Waals surface area contributed by atoms with Gasteiger partial charge in [0, 0.05) is 33.4 Å². The zero-order chi connectivity index (χ0) is 17.9. The van der Waals surface area contributed by atoms with Crippen LogP contribution in [0.3, 0.4) is 0 Å². The number of nitrogens with one attached hydrogen (secondary N) is 1. The van der Waals surface area contributed by atoms with Crippen LogP contribution in [0.15, 0.2) is 0 Å². The van der Waals surface area contributed by atoms with Crippen molar-refractivity contribution in [1.29, 1.82) is 0 Å². The van der Waals surface area contributed by atoms with Gasteiger partial charge in [0.2, 0.25) is 20.0 Å². The molecule has 23 heavy (non-hydrogen) atoms. The molecule has 0 aliphatic carbocycles. The van der Waals surface area contributed by atoms with Gasteiger partial charge in [0.05, 0.1) is 10.00 Å². The largest absolute Gasteiger partial charge is 0.385 e. The number of sulfonamides is 2. The van der Waals surface area contributed by atoms with Crippen LogP contribution in [0.4, 0.5) is 0 Å². The maximum Gasteiger partial charge on any atom is 0.217 e. The fourth-order valence-corrected chi connectivity index (χ4v) is 5.41. The van der Waals surface area contributed by atoms with E-state index >= 15 is 0 Å². The molecule has 0 radical (unpaired) electrons. The summed E-state index contributed by atoms with van der Waals surface area (Å²) in [5.41, 5.74) is 0. The van der Waals surface area contributed by atoms with E-state index in [0.717, 1.165) is 0 Å². The highest BCUT2D eigenvalue weighted by molar-refractivity contribution is 7.91. The molecular weight excluding hydrogens is 340 g/mol. The maximum absolute atomic E-state index is 12.6. The van der Waals surface area contributed by atoms with E-state index in [0.29, 0.717) is 32.5 Å². The maximum atomic E-state index is 12.6. The van der Waals surface area contributed by atoms with Crippen molar-refractivity contribution < 1.29 is 21.6 Å². The Bertz CT molecular complexity index is 584. The van der Waals surface area contributed by atoms with Gasteiger partial charge in [-0.3, -0.25) is 0 Å². The van der Waals surface area contributed by atoms with Gasteiger partial charge in [-0.1, -0.05) is 0 Å². The summed E-state index contributed by atoms with van der Waals surface area (Å²) < 4.78 is 57.6. The molecule has 1 saturated heterocycles. The summed E-state index contributed by atoms with van der Waals surface area (Å²) in [7, 11) is -5.31. The van der Waals surface area contributed by atoms with Crippen LogP contribution in [-0.4, -0.2) is 64.5 Å². The van der Waals surface area contributed by atoms with Crippen molar-refractivity contribution in [2.24, 2.45) is 5.92 Å². The van der Waals surface area contributed by atoms with Crippen LogP contribution < -0.4 is 4.72 Å². The lowest BCUT2D eigenvalue weighted by atomic mass is 9.94. The predicted molar refractivity (Wildman–Crippen MR) is 91.2 cm³/mol. The molecule has 138 valence electrons. The van der Waals surface area contributed by atoms with E-state index in [-0.39, 0.29) is 12.5 Å². The average Bonchev–Trinajstić information content (AvgIpc) is 2.94. The number of ether oxygens (including phenoxy) is 1. The Morgan fingerprint density at radius 2 is 1.87 bits per heavy atom. The van der Waals surface area contributed by atoms with Crippen LogP contribution in [0.5, 0.6) is 0 Å². The van der Waals surface area contributed by atoms with E-state index in [1.54, 1.807) is 34.8 Å². The molecule has 0 aromatic heterocycles. The van der Waals surface area contributed by atoms with E-state index in [9.17, 15) is 16.8 Å². The Kier molecular flexibility index (Phi) is 7.04. The van der Waals surface area contributed by atoms with E-state index < -0.39 is 30.0 Å². The van der Waals surface area contributed by atoms with Gasteiger partial charge < -0.3 is 4.74 Å². The lowest BCUT2D eigenvalue weighted by Crippen LogP contribution is -2.48. The van der Waals surface area contributed by atoms with Gasteiger partial charge in [0.25, 0.3) is 0 Å². The van der Waals surface area contributed by atoms with Gasteiger partial charge >= 0.3 is 0 Å². The second kappa shape index (κ2) is 7.77. The molecule has 0 bridgehead atoms. The smallest absolute Gasteiger partial charge is 0.217 e. The van der Waals surface area contributed by atoms with Gasteiger partial charge in [-0.2, -0.15) is 0 Å². The van der Waals surface area contributed by atoms with Crippen molar-refractivity contribution >= 4 is 20.0 Å². The molecule has 7 nitrogen and oxygen atoms in total. The summed E-state index contributed by atoms with van der Waals surface area (Å²) in [6, 6.07) is 0. The second-order valence-corrected chi connectivity index (χ2v) is 11.6. The molecule has 1 heterocycles. The summed E-state index contributed by atoms with van der Waals surface area (Å²) in [5, 5.41) is -0.492. The molecule has 1 aliphatic rings. The number of rotatable bonds is 9. The first-order valence-corrected chi connectivity index (χ1v) is 10.9. The van der Waals surface area contributed by atoms with Crippen molar-refractivity contribution in [3.05, 3.63) is 0 Å². The van der Waals surface area contributed by atoms with E-state index in [2.05, 4.69) is 4.72 Å². The summed E-state index contributed by atoms with van der Waals surface area (Å²) >= 11 is 0. The minimum absolute atomic E-state index is 0.226. The van der Waals surface area contributed by atoms with Crippen LogP contribution in [0, 0.1) is 5.92 Å². The molecule has 1 atom stereocenters. The predicted octanol–water partition coefficient (Wildman–Crippen LogP) is 0.781. The number of hydrogen-bond acceptors (Lipinski definition) is 5. The van der Waals surface area contributed by atoms with Crippen LogP contribution in [-0.2, 0) is 24.8 Å². The molecule has 1 unspecified atom stereocenters. The van der Waals surface area contributed by atoms with Gasteiger partial charge in [0.1, 0.15) is 0 Å². The summed E-state index contributed by atoms with van der Waals surface area (Å²) in [6.07, 6.45) is 1.16.